The molecule has 17 heavy (non-hydrogen) atoms. The van der Waals surface area contributed by atoms with E-state index in [0.29, 0.717) is 10.0 Å². The Kier molecular flexibility index (Phi) is 3.99. The first kappa shape index (κ1) is 13.2. The van der Waals surface area contributed by atoms with E-state index in [1.54, 1.807) is 12.1 Å². The van der Waals surface area contributed by atoms with Crippen molar-refractivity contribution in [1.29, 1.82) is 0 Å². The van der Waals surface area contributed by atoms with Crippen molar-refractivity contribution in [2.45, 2.75) is 24.9 Å². The van der Waals surface area contributed by atoms with E-state index in [4.69, 9.17) is 23.2 Å². The summed E-state index contributed by atoms with van der Waals surface area (Å²) in [6.45, 7) is 1.93. The topological polar surface area (TPSA) is 23.5 Å². The number of hydrogen-bond acceptors (Lipinski definition) is 2. The van der Waals surface area contributed by atoms with Gasteiger partial charge in [-0.05, 0) is 50.6 Å². The minimum Gasteiger partial charge on any atom is -0.385 e. The third-order valence-corrected chi connectivity index (χ3v) is 4.23. The van der Waals surface area contributed by atoms with Crippen molar-refractivity contribution in [2.75, 3.05) is 20.1 Å². The van der Waals surface area contributed by atoms with Crippen molar-refractivity contribution in [2.24, 2.45) is 0 Å². The van der Waals surface area contributed by atoms with E-state index in [1.165, 1.54) is 0 Å². The fraction of sp³-hybridized carbons (Fsp3) is 0.538. The summed E-state index contributed by atoms with van der Waals surface area (Å²) in [5.41, 5.74) is 0.112. The molecule has 1 aromatic carbocycles. The zero-order valence-electron chi connectivity index (χ0n) is 9.92. The number of aliphatic hydroxyl groups is 1. The van der Waals surface area contributed by atoms with Crippen molar-refractivity contribution in [3.05, 3.63) is 33.8 Å². The Morgan fingerprint density at radius 2 is 1.94 bits per heavy atom. The van der Waals surface area contributed by atoms with Crippen LogP contribution in [0.1, 0.15) is 24.8 Å². The number of nitrogens with zero attached hydrogens (tertiary/aromatic N) is 1. The summed E-state index contributed by atoms with van der Waals surface area (Å²) in [6, 6.07) is 5.42. The van der Waals surface area contributed by atoms with Crippen molar-refractivity contribution in [3.63, 3.8) is 0 Å². The molecule has 0 radical (unpaired) electrons. The minimum absolute atomic E-state index is 0.509. The average Bonchev–Trinajstić information content (AvgIpc) is 2.46. The van der Waals surface area contributed by atoms with Crippen LogP contribution in [0.25, 0.3) is 0 Å². The maximum absolute atomic E-state index is 10.7. The van der Waals surface area contributed by atoms with Gasteiger partial charge in [0, 0.05) is 6.54 Å². The number of halogens is 2. The van der Waals surface area contributed by atoms with Gasteiger partial charge in [-0.3, -0.25) is 0 Å². The molecule has 1 saturated heterocycles. The average molecular weight is 274 g/mol. The van der Waals surface area contributed by atoms with Crippen molar-refractivity contribution < 1.29 is 5.11 Å². The highest BCUT2D eigenvalue weighted by molar-refractivity contribution is 6.42. The lowest BCUT2D eigenvalue weighted by Crippen LogP contribution is -2.27. The quantitative estimate of drug-likeness (QED) is 0.849. The van der Waals surface area contributed by atoms with E-state index < -0.39 is 5.60 Å². The Labute approximate surface area is 112 Å². The SMILES string of the molecule is CN1CCCC(O)(c2ccc(Cl)c(Cl)c2)CC1. The molecule has 0 aliphatic carbocycles. The Morgan fingerprint density at radius 1 is 1.18 bits per heavy atom. The van der Waals surface area contributed by atoms with Gasteiger partial charge in [0.05, 0.1) is 15.6 Å². The molecule has 1 fully saturated rings. The summed E-state index contributed by atoms with van der Waals surface area (Å²) in [5, 5.41) is 11.8. The number of likely N-dealkylation sites (tertiary alicyclic amines) is 1. The van der Waals surface area contributed by atoms with Crippen molar-refractivity contribution in [3.8, 4) is 0 Å². The van der Waals surface area contributed by atoms with E-state index in [2.05, 4.69) is 11.9 Å². The van der Waals surface area contributed by atoms with E-state index in [0.717, 1.165) is 37.9 Å². The van der Waals surface area contributed by atoms with Crippen LogP contribution in [0.15, 0.2) is 18.2 Å². The van der Waals surface area contributed by atoms with Crippen LogP contribution in [0.2, 0.25) is 10.0 Å². The maximum Gasteiger partial charge on any atom is 0.0909 e. The van der Waals surface area contributed by atoms with Gasteiger partial charge < -0.3 is 10.0 Å². The monoisotopic (exact) mass is 273 g/mol. The maximum atomic E-state index is 10.7. The molecule has 2 nitrogen and oxygen atoms in total. The second kappa shape index (κ2) is 5.15. The standard InChI is InChI=1S/C13H17Cl2NO/c1-16-7-2-5-13(17,6-8-16)10-3-4-11(14)12(15)9-10/h3-4,9,17H,2,5-8H2,1H3. The van der Waals surface area contributed by atoms with Gasteiger partial charge in [-0.2, -0.15) is 0 Å². The molecule has 0 bridgehead atoms. The summed E-state index contributed by atoms with van der Waals surface area (Å²) in [4.78, 5) is 2.25. The van der Waals surface area contributed by atoms with E-state index in [9.17, 15) is 5.11 Å². The molecule has 1 heterocycles. The van der Waals surface area contributed by atoms with E-state index in [-0.39, 0.29) is 0 Å². The van der Waals surface area contributed by atoms with Crippen LogP contribution >= 0.6 is 23.2 Å². The molecule has 0 spiro atoms. The highest BCUT2D eigenvalue weighted by atomic mass is 35.5. The van der Waals surface area contributed by atoms with Crippen LogP contribution in [0.3, 0.4) is 0 Å². The van der Waals surface area contributed by atoms with Crippen molar-refractivity contribution in [1.82, 2.24) is 4.90 Å². The lowest BCUT2D eigenvalue weighted by molar-refractivity contribution is 0.0218. The predicted molar refractivity (Wildman–Crippen MR) is 71.7 cm³/mol. The zero-order chi connectivity index (χ0) is 12.5. The largest absolute Gasteiger partial charge is 0.385 e. The van der Waals surface area contributed by atoms with E-state index in [1.807, 2.05) is 6.07 Å². The van der Waals surface area contributed by atoms with Gasteiger partial charge in [0.2, 0.25) is 0 Å². The molecule has 1 aliphatic heterocycles. The van der Waals surface area contributed by atoms with Crippen molar-refractivity contribution >= 4 is 23.2 Å². The Hall–Kier alpha value is -0.280. The highest BCUT2D eigenvalue weighted by Gasteiger charge is 2.31. The highest BCUT2D eigenvalue weighted by Crippen LogP contribution is 2.35. The van der Waals surface area contributed by atoms with Gasteiger partial charge in [-0.25, -0.2) is 0 Å². The molecule has 1 aliphatic rings. The number of benzene rings is 1. The Balaban J connectivity index is 2.27. The van der Waals surface area contributed by atoms with Gasteiger partial charge in [0.15, 0.2) is 0 Å². The Bertz CT molecular complexity index is 410. The Morgan fingerprint density at radius 3 is 2.65 bits per heavy atom. The lowest BCUT2D eigenvalue weighted by atomic mass is 9.87. The van der Waals surface area contributed by atoms with Crippen LogP contribution in [-0.4, -0.2) is 30.1 Å². The second-order valence-electron chi connectivity index (χ2n) is 4.82. The summed E-state index contributed by atoms with van der Waals surface area (Å²) in [6.07, 6.45) is 2.50. The second-order valence-corrected chi connectivity index (χ2v) is 5.63. The van der Waals surface area contributed by atoms with Gasteiger partial charge in [0.1, 0.15) is 0 Å². The van der Waals surface area contributed by atoms with Crippen LogP contribution in [0.5, 0.6) is 0 Å². The lowest BCUT2D eigenvalue weighted by Gasteiger charge is -2.27. The first-order valence-corrected chi connectivity index (χ1v) is 6.63. The molecule has 0 amide bonds. The van der Waals surface area contributed by atoms with Crippen LogP contribution in [0, 0.1) is 0 Å². The molecular weight excluding hydrogens is 257 g/mol. The molecule has 0 saturated carbocycles. The fourth-order valence-electron chi connectivity index (χ4n) is 2.33. The fourth-order valence-corrected chi connectivity index (χ4v) is 2.63. The molecule has 94 valence electrons. The van der Waals surface area contributed by atoms with Gasteiger partial charge in [-0.1, -0.05) is 29.3 Å². The van der Waals surface area contributed by atoms with Gasteiger partial charge in [0.25, 0.3) is 0 Å². The predicted octanol–water partition coefficient (Wildman–Crippen LogP) is 3.30. The zero-order valence-corrected chi connectivity index (χ0v) is 11.4. The third-order valence-electron chi connectivity index (χ3n) is 3.49. The summed E-state index contributed by atoms with van der Waals surface area (Å²) >= 11 is 11.9. The van der Waals surface area contributed by atoms with Crippen LogP contribution in [0.4, 0.5) is 0 Å². The molecule has 1 aromatic rings. The van der Waals surface area contributed by atoms with Gasteiger partial charge >= 0.3 is 0 Å². The third kappa shape index (κ3) is 2.94. The smallest absolute Gasteiger partial charge is 0.0909 e. The van der Waals surface area contributed by atoms with Crippen LogP contribution < -0.4 is 0 Å². The molecule has 2 rings (SSSR count). The minimum atomic E-state index is -0.765. The van der Waals surface area contributed by atoms with Gasteiger partial charge in [-0.15, -0.1) is 0 Å². The van der Waals surface area contributed by atoms with Crippen LogP contribution in [-0.2, 0) is 5.60 Å². The molecule has 0 aromatic heterocycles. The first-order valence-electron chi connectivity index (χ1n) is 5.88. The number of rotatable bonds is 1. The molecule has 4 heteroatoms. The molecule has 1 atom stereocenters. The molecule has 1 unspecified atom stereocenters. The summed E-state index contributed by atoms with van der Waals surface area (Å²) < 4.78 is 0. The van der Waals surface area contributed by atoms with E-state index >= 15 is 0 Å². The summed E-state index contributed by atoms with van der Waals surface area (Å²) in [7, 11) is 2.08. The molecule has 1 N–H and O–H groups in total. The first-order chi connectivity index (χ1) is 8.01. The number of hydrogen-bond donors (Lipinski definition) is 1. The molecular formula is C13H17Cl2NO. The summed E-state index contributed by atoms with van der Waals surface area (Å²) in [5.74, 6) is 0. The normalized spacial score (nSPS) is 26.8.